The van der Waals surface area contributed by atoms with Crippen molar-refractivity contribution in [2.75, 3.05) is 13.1 Å². The molecule has 3 nitrogen and oxygen atoms in total. The maximum absolute atomic E-state index is 11.9. The lowest BCUT2D eigenvalue weighted by atomic mass is 10.2. The molecule has 0 unspecified atom stereocenters. The van der Waals surface area contributed by atoms with Gasteiger partial charge in [-0.05, 0) is 12.1 Å². The second kappa shape index (κ2) is 4.81. The average Bonchev–Trinajstić information content (AvgIpc) is 2.70. The Kier molecular flexibility index (Phi) is 3.38. The van der Waals surface area contributed by atoms with E-state index in [2.05, 4.69) is 0 Å². The Morgan fingerprint density at radius 2 is 2.00 bits per heavy atom. The lowest BCUT2D eigenvalue weighted by Crippen LogP contribution is -2.32. The highest BCUT2D eigenvalue weighted by molar-refractivity contribution is 5.98. The molecule has 0 bridgehead atoms. The Morgan fingerprint density at radius 1 is 1.28 bits per heavy atom. The number of ketones is 1. The molecule has 2 aromatic rings. The van der Waals surface area contributed by atoms with Gasteiger partial charge in [-0.2, -0.15) is 13.2 Å². The van der Waals surface area contributed by atoms with Crippen molar-refractivity contribution in [1.82, 2.24) is 5.32 Å². The van der Waals surface area contributed by atoms with Crippen LogP contribution in [0.15, 0.2) is 34.7 Å². The zero-order valence-electron chi connectivity index (χ0n) is 9.25. The number of nitrogens with one attached hydrogen (secondary N) is 1. The number of hydrogen-bond acceptors (Lipinski definition) is 3. The summed E-state index contributed by atoms with van der Waals surface area (Å²) < 4.78 is 40.9. The molecule has 0 spiro atoms. The van der Waals surface area contributed by atoms with Crippen molar-refractivity contribution in [2.24, 2.45) is 0 Å². The molecule has 1 heterocycles. The molecule has 0 atom stereocenters. The molecule has 96 valence electrons. The number of carbonyl (C=O) groups is 1. The van der Waals surface area contributed by atoms with Gasteiger partial charge in [0.15, 0.2) is 5.76 Å². The number of hydrogen-bond donors (Lipinski definition) is 1. The van der Waals surface area contributed by atoms with Crippen LogP contribution < -0.4 is 5.32 Å². The molecule has 0 radical (unpaired) electrons. The summed E-state index contributed by atoms with van der Waals surface area (Å²) in [5.74, 6) is -0.443. The van der Waals surface area contributed by atoms with Gasteiger partial charge in [-0.1, -0.05) is 18.2 Å². The van der Waals surface area contributed by atoms with Crippen LogP contribution in [-0.4, -0.2) is 25.0 Å². The van der Waals surface area contributed by atoms with Crippen molar-refractivity contribution in [3.63, 3.8) is 0 Å². The maximum Gasteiger partial charge on any atom is 0.401 e. The monoisotopic (exact) mass is 257 g/mol. The predicted octanol–water partition coefficient (Wildman–Crippen LogP) is 2.77. The molecular weight excluding hydrogens is 247 g/mol. The molecule has 0 fully saturated rings. The van der Waals surface area contributed by atoms with Gasteiger partial charge in [0, 0.05) is 5.39 Å². The summed E-state index contributed by atoms with van der Waals surface area (Å²) >= 11 is 0. The first-order valence-corrected chi connectivity index (χ1v) is 5.25. The molecule has 0 amide bonds. The van der Waals surface area contributed by atoms with E-state index in [4.69, 9.17) is 4.42 Å². The Hall–Kier alpha value is -1.82. The summed E-state index contributed by atoms with van der Waals surface area (Å²) in [6.07, 6.45) is -4.33. The average molecular weight is 257 g/mol. The van der Waals surface area contributed by atoms with Gasteiger partial charge in [0.05, 0.1) is 13.1 Å². The summed E-state index contributed by atoms with van der Waals surface area (Å²) in [4.78, 5) is 11.6. The fraction of sp³-hybridized carbons (Fsp3) is 0.250. The van der Waals surface area contributed by atoms with Crippen molar-refractivity contribution in [3.05, 3.63) is 36.1 Å². The molecule has 1 aromatic heterocycles. The number of halogens is 3. The lowest BCUT2D eigenvalue weighted by Gasteiger charge is -2.06. The third-order valence-corrected chi connectivity index (χ3v) is 2.31. The molecule has 0 saturated heterocycles. The minimum Gasteiger partial charge on any atom is -0.453 e. The van der Waals surface area contributed by atoms with E-state index in [0.29, 0.717) is 5.58 Å². The van der Waals surface area contributed by atoms with Crippen molar-refractivity contribution in [2.45, 2.75) is 6.18 Å². The van der Waals surface area contributed by atoms with E-state index in [1.165, 1.54) is 6.07 Å². The van der Waals surface area contributed by atoms with Crippen LogP contribution in [0.4, 0.5) is 13.2 Å². The molecule has 0 saturated carbocycles. The van der Waals surface area contributed by atoms with Crippen LogP contribution in [-0.2, 0) is 0 Å². The third kappa shape index (κ3) is 3.10. The van der Waals surface area contributed by atoms with Gasteiger partial charge in [0.2, 0.25) is 5.78 Å². The highest BCUT2D eigenvalue weighted by atomic mass is 19.4. The van der Waals surface area contributed by atoms with Gasteiger partial charge >= 0.3 is 6.18 Å². The molecule has 0 aliphatic rings. The maximum atomic E-state index is 11.9. The quantitative estimate of drug-likeness (QED) is 0.856. The van der Waals surface area contributed by atoms with Gasteiger partial charge in [0.25, 0.3) is 0 Å². The van der Waals surface area contributed by atoms with E-state index < -0.39 is 25.0 Å². The topological polar surface area (TPSA) is 42.2 Å². The first-order chi connectivity index (χ1) is 8.46. The number of alkyl halides is 3. The Morgan fingerprint density at radius 3 is 2.67 bits per heavy atom. The molecular formula is C12H10F3NO2. The van der Waals surface area contributed by atoms with E-state index in [1.54, 1.807) is 24.3 Å². The number of furan rings is 1. The number of Topliss-reactive ketones (excluding diaryl/α,β-unsaturated/α-hetero) is 1. The van der Waals surface area contributed by atoms with E-state index in [9.17, 15) is 18.0 Å². The zero-order chi connectivity index (χ0) is 13.2. The highest BCUT2D eigenvalue weighted by Gasteiger charge is 2.26. The van der Waals surface area contributed by atoms with Crippen LogP contribution >= 0.6 is 0 Å². The van der Waals surface area contributed by atoms with Gasteiger partial charge < -0.3 is 9.73 Å². The second-order valence-corrected chi connectivity index (χ2v) is 3.79. The van der Waals surface area contributed by atoms with Crippen LogP contribution in [0, 0.1) is 0 Å². The Labute approximate surface area is 101 Å². The minimum absolute atomic E-state index is 0.0610. The predicted molar refractivity (Wildman–Crippen MR) is 59.5 cm³/mol. The zero-order valence-corrected chi connectivity index (χ0v) is 9.25. The minimum atomic E-state index is -4.33. The van der Waals surface area contributed by atoms with E-state index in [1.807, 2.05) is 5.32 Å². The van der Waals surface area contributed by atoms with Crippen molar-refractivity contribution in [3.8, 4) is 0 Å². The van der Waals surface area contributed by atoms with E-state index in [-0.39, 0.29) is 5.76 Å². The van der Waals surface area contributed by atoms with Crippen molar-refractivity contribution < 1.29 is 22.4 Å². The van der Waals surface area contributed by atoms with Crippen molar-refractivity contribution in [1.29, 1.82) is 0 Å². The number of benzene rings is 1. The van der Waals surface area contributed by atoms with Gasteiger partial charge in [-0.25, -0.2) is 0 Å². The smallest absolute Gasteiger partial charge is 0.401 e. The molecule has 0 aliphatic carbocycles. The molecule has 1 N–H and O–H groups in total. The SMILES string of the molecule is O=C(CNCC(F)(F)F)c1cc2ccccc2o1. The van der Waals surface area contributed by atoms with E-state index >= 15 is 0 Å². The molecule has 0 aliphatic heterocycles. The highest BCUT2D eigenvalue weighted by Crippen LogP contribution is 2.19. The first kappa shape index (κ1) is 12.6. The Balaban J connectivity index is 2.01. The van der Waals surface area contributed by atoms with E-state index in [0.717, 1.165) is 5.39 Å². The summed E-state index contributed by atoms with van der Waals surface area (Å²) in [5, 5.41) is 2.78. The summed E-state index contributed by atoms with van der Waals surface area (Å²) in [6, 6.07) is 8.51. The van der Waals surface area contributed by atoms with Crippen LogP contribution in [0.2, 0.25) is 0 Å². The largest absolute Gasteiger partial charge is 0.453 e. The van der Waals surface area contributed by atoms with Crippen LogP contribution in [0.3, 0.4) is 0 Å². The molecule has 1 aromatic carbocycles. The number of rotatable bonds is 4. The molecule has 6 heteroatoms. The van der Waals surface area contributed by atoms with Crippen LogP contribution in [0.1, 0.15) is 10.6 Å². The number of carbonyl (C=O) groups excluding carboxylic acids is 1. The summed E-state index contributed by atoms with van der Waals surface area (Å²) in [7, 11) is 0. The number of para-hydroxylation sites is 1. The Bertz CT molecular complexity index is 527. The third-order valence-electron chi connectivity index (χ3n) is 2.31. The standard InChI is InChI=1S/C12H10F3NO2/c13-12(14,15)7-16-6-9(17)11-5-8-3-1-2-4-10(8)18-11/h1-5,16H,6-7H2. The van der Waals surface area contributed by atoms with Crippen molar-refractivity contribution >= 4 is 16.8 Å². The summed E-state index contributed by atoms with van der Waals surface area (Å²) in [5.41, 5.74) is 0.539. The fourth-order valence-electron chi connectivity index (χ4n) is 1.52. The normalized spacial score (nSPS) is 11.9. The first-order valence-electron chi connectivity index (χ1n) is 5.25. The number of fused-ring (bicyclic) bond motifs is 1. The van der Waals surface area contributed by atoms with Crippen LogP contribution in [0.25, 0.3) is 11.0 Å². The lowest BCUT2D eigenvalue weighted by molar-refractivity contribution is -0.124. The van der Waals surface area contributed by atoms with Gasteiger partial charge in [-0.15, -0.1) is 0 Å². The summed E-state index contributed by atoms with van der Waals surface area (Å²) in [6.45, 7) is -1.60. The molecule has 2 rings (SSSR count). The van der Waals surface area contributed by atoms with Crippen LogP contribution in [0.5, 0.6) is 0 Å². The van der Waals surface area contributed by atoms with Gasteiger partial charge in [0.1, 0.15) is 5.58 Å². The fourth-order valence-corrected chi connectivity index (χ4v) is 1.52. The van der Waals surface area contributed by atoms with Gasteiger partial charge in [-0.3, -0.25) is 4.79 Å². The second-order valence-electron chi connectivity index (χ2n) is 3.79. The molecule has 18 heavy (non-hydrogen) atoms.